The van der Waals surface area contributed by atoms with Crippen molar-refractivity contribution in [3.05, 3.63) is 38.0 Å². The van der Waals surface area contributed by atoms with E-state index in [0.717, 1.165) is 56.8 Å². The van der Waals surface area contributed by atoms with Gasteiger partial charge in [0.15, 0.2) is 0 Å². The van der Waals surface area contributed by atoms with Gasteiger partial charge >= 0.3 is 71.9 Å². The van der Waals surface area contributed by atoms with Crippen molar-refractivity contribution in [1.82, 2.24) is 10.6 Å². The Hall–Kier alpha value is -9.11. The van der Waals surface area contributed by atoms with Gasteiger partial charge in [-0.2, -0.15) is 15.8 Å². The molecule has 7 unspecified atom stereocenters. The van der Waals surface area contributed by atoms with Crippen LogP contribution in [0.3, 0.4) is 0 Å². The third-order valence-electron chi connectivity index (χ3n) is 13.7. The van der Waals surface area contributed by atoms with Gasteiger partial charge in [-0.25, -0.2) is 24.0 Å². The average molecular weight is 1440 g/mol. The van der Waals surface area contributed by atoms with Crippen LogP contribution in [-0.4, -0.2) is 177 Å². The predicted molar refractivity (Wildman–Crippen MR) is 369 cm³/mol. The van der Waals surface area contributed by atoms with Crippen molar-refractivity contribution in [2.24, 2.45) is 35.0 Å². The van der Waals surface area contributed by atoms with Gasteiger partial charge in [-0.15, -0.1) is 0 Å². The van der Waals surface area contributed by atoms with Crippen LogP contribution in [0.1, 0.15) is 186 Å². The van der Waals surface area contributed by atoms with Crippen LogP contribution in [-0.2, 0) is 110 Å². The molecule has 0 aromatic heterocycles. The highest BCUT2D eigenvalue weighted by atomic mass is 16.6. The van der Waals surface area contributed by atoms with Crippen LogP contribution >= 0.6 is 0 Å². The Morgan fingerprint density at radius 3 is 1.10 bits per heavy atom. The van der Waals surface area contributed by atoms with Crippen LogP contribution < -0.4 is 10.6 Å². The van der Waals surface area contributed by atoms with E-state index in [-0.39, 0.29) is 176 Å². The fourth-order valence-electron chi connectivity index (χ4n) is 5.90. The molecule has 2 amide bonds. The Bertz CT molecular complexity index is 2400. The molecular weight excluding hydrogens is 1320 g/mol. The number of ether oxygens (including phenoxy) is 13. The van der Waals surface area contributed by atoms with Gasteiger partial charge in [0.25, 0.3) is 0 Å². The number of methoxy groups -OCH3 is 1. The number of nitrogens with zero attached hydrogens (tertiary/aromatic N) is 3. The molecule has 0 bridgehead atoms. The van der Waals surface area contributed by atoms with Crippen molar-refractivity contribution in [1.29, 1.82) is 15.8 Å². The van der Waals surface area contributed by atoms with Crippen LogP contribution in [0.2, 0.25) is 0 Å². The molecular formula is C71H117N5O25. The second-order valence-electron chi connectivity index (χ2n) is 22.0. The molecule has 0 saturated heterocycles. The third kappa shape index (κ3) is 67.8. The molecule has 2 N–H and O–H groups in total. The molecule has 30 heteroatoms. The van der Waals surface area contributed by atoms with Crippen molar-refractivity contribution in [2.75, 3.05) is 99.5 Å². The van der Waals surface area contributed by atoms with E-state index < -0.39 is 41.5 Å². The van der Waals surface area contributed by atoms with Gasteiger partial charge in [0.05, 0.1) is 119 Å². The maximum Gasteiger partial charge on any atom is 0.407 e. The number of hydrogen-bond donors (Lipinski definition) is 2. The molecule has 0 aromatic carbocycles. The first kappa shape index (κ1) is 103. The summed E-state index contributed by atoms with van der Waals surface area (Å²) in [7, 11) is 1.28. The van der Waals surface area contributed by atoms with Gasteiger partial charge in [0, 0.05) is 24.6 Å². The van der Waals surface area contributed by atoms with Crippen molar-refractivity contribution >= 4 is 71.9 Å². The number of nitrogens with one attached hydrogen (secondary N) is 2. The zero-order valence-electron chi connectivity index (χ0n) is 62.4. The molecule has 0 heterocycles. The zero-order valence-corrected chi connectivity index (χ0v) is 62.4. The molecule has 7 atom stereocenters. The summed E-state index contributed by atoms with van der Waals surface area (Å²) in [6.07, 6.45) is 10.8. The fourth-order valence-corrected chi connectivity index (χ4v) is 5.90. The zero-order chi connectivity index (χ0) is 78.2. The van der Waals surface area contributed by atoms with Gasteiger partial charge in [-0.3, -0.25) is 33.6 Å². The first-order chi connectivity index (χ1) is 48.0. The predicted octanol–water partition coefficient (Wildman–Crippen LogP) is 10.1. The molecule has 0 aromatic rings. The Morgan fingerprint density at radius 1 is 0.416 bits per heavy atom. The number of carbonyl (C=O) groups is 12. The molecule has 0 saturated carbocycles. The molecule has 101 heavy (non-hydrogen) atoms. The summed E-state index contributed by atoms with van der Waals surface area (Å²) in [6, 6.07) is 5.71. The summed E-state index contributed by atoms with van der Waals surface area (Å²) in [4.78, 5) is 134. The molecule has 0 radical (unpaired) electrons. The molecule has 0 rings (SSSR count). The van der Waals surface area contributed by atoms with Crippen LogP contribution in [0.4, 0.5) is 9.59 Å². The molecule has 30 nitrogen and oxygen atoms in total. The van der Waals surface area contributed by atoms with E-state index in [1.165, 1.54) is 7.11 Å². The number of esters is 10. The van der Waals surface area contributed by atoms with E-state index in [2.05, 4.69) is 44.6 Å². The van der Waals surface area contributed by atoms with Crippen LogP contribution in [0.25, 0.3) is 0 Å². The quantitative estimate of drug-likeness (QED) is 0.0247. The van der Waals surface area contributed by atoms with Crippen molar-refractivity contribution in [2.45, 2.75) is 192 Å². The number of rotatable bonds is 46. The first-order valence-corrected chi connectivity index (χ1v) is 33.9. The maximum absolute atomic E-state index is 11.5. The second-order valence-corrected chi connectivity index (χ2v) is 22.0. The van der Waals surface area contributed by atoms with E-state index in [9.17, 15) is 57.5 Å². The topological polar surface area (TPSA) is 420 Å². The Morgan fingerprint density at radius 2 is 0.752 bits per heavy atom. The normalized spacial score (nSPS) is 12.1. The average Bonchev–Trinajstić information content (AvgIpc) is 0.875. The summed E-state index contributed by atoms with van der Waals surface area (Å²) in [5.41, 5.74) is -0.874. The number of hydrogen-bond acceptors (Lipinski definition) is 28. The highest BCUT2D eigenvalue weighted by Crippen LogP contribution is 2.23. The number of nitriles is 3. The summed E-state index contributed by atoms with van der Waals surface area (Å²) in [5.74, 6) is -3.77. The highest BCUT2D eigenvalue weighted by molar-refractivity contribution is 5.82. The Kier molecular flexibility index (Phi) is 73.5. The van der Waals surface area contributed by atoms with Crippen molar-refractivity contribution in [3.63, 3.8) is 0 Å². The first-order valence-electron chi connectivity index (χ1n) is 33.9. The van der Waals surface area contributed by atoms with Crippen molar-refractivity contribution < 1.29 is 119 Å². The lowest BCUT2D eigenvalue weighted by Gasteiger charge is -2.24. The lowest BCUT2D eigenvalue weighted by atomic mass is 9.89. The molecule has 0 spiro atoms. The highest BCUT2D eigenvalue weighted by Gasteiger charge is 2.34. The van der Waals surface area contributed by atoms with Crippen LogP contribution in [0.5, 0.6) is 0 Å². The van der Waals surface area contributed by atoms with Crippen LogP contribution in [0.15, 0.2) is 38.0 Å². The van der Waals surface area contributed by atoms with E-state index in [1.807, 2.05) is 87.4 Å². The van der Waals surface area contributed by atoms with Crippen molar-refractivity contribution in [3.8, 4) is 18.2 Å². The largest absolute Gasteiger partial charge is 0.469 e. The number of unbranched alkanes of at least 4 members (excludes halogenated alkanes) is 2. The Labute approximate surface area is 598 Å². The number of carbonyl (C=O) groups excluding carboxylic acids is 12. The minimum absolute atomic E-state index is 0.0159. The minimum Gasteiger partial charge on any atom is -0.469 e. The molecule has 0 aliphatic heterocycles. The Balaban J connectivity index is -0.000000278. The van der Waals surface area contributed by atoms with Gasteiger partial charge in [-0.1, -0.05) is 95.9 Å². The molecule has 0 fully saturated rings. The SMILES string of the molecule is C=CC(=O)OCCCC(C)OCCOC(=O)C(C)CC.C=CC(=O)OCCNC(=O)OCC(C)(CC)C(=O)OC.C=CC(=O)OCCNC(=O)OCCCCCC(=O)OCCOC(=O)C(C)CC.CCC(C)C(=O)OCCC#N.CCC(C)C(=O)OCCC#N.CCC(C)C(=O)OCCC#N. The standard InChI is InChI=1S/C19H31NO8.C15H26O5.C13H21NO6.3C8H13NO2/c1-4-15(3)18(23)27-14-13-26-17(22)9-7-6-8-11-28-19(24)20-10-12-25-16(21)5-2;1-5-12(3)15(17)20-11-10-18-13(4)8-7-9-19-14(16)6-2;1-5-10(15)19-8-7-14-12(17)20-9-13(3,6-2)11(16)18-4;3*1-3-7(2)8(10)11-6-4-5-9/h5,15H,2,4,6-14H2,1,3H3,(H,20,24);6,12-13H,2,5,7-11H2,1,3-4H3;5H,1,6-9H2,2-4H3,(H,14,17);3*7H,3-4,6H2,1-2H3. The van der Waals surface area contributed by atoms with Gasteiger partial charge < -0.3 is 72.2 Å². The van der Waals surface area contributed by atoms with E-state index >= 15 is 0 Å². The molecule has 576 valence electrons. The van der Waals surface area contributed by atoms with Crippen LogP contribution in [0, 0.1) is 69.0 Å². The monoisotopic (exact) mass is 1440 g/mol. The maximum atomic E-state index is 11.5. The number of alkyl carbamates (subject to hydrolysis) is 2. The fraction of sp³-hybridized carbons (Fsp3) is 0.704. The lowest BCUT2D eigenvalue weighted by molar-refractivity contribution is -0.154. The number of amides is 2. The summed E-state index contributed by atoms with van der Waals surface area (Å²) < 4.78 is 63.6. The second kappa shape index (κ2) is 72.2. The van der Waals surface area contributed by atoms with E-state index in [4.69, 9.17) is 63.2 Å². The molecule has 0 aliphatic carbocycles. The van der Waals surface area contributed by atoms with Gasteiger partial charge in [0.2, 0.25) is 0 Å². The third-order valence-corrected chi connectivity index (χ3v) is 13.7. The summed E-state index contributed by atoms with van der Waals surface area (Å²) in [6.45, 7) is 36.1. The van der Waals surface area contributed by atoms with E-state index in [1.54, 1.807) is 20.8 Å². The van der Waals surface area contributed by atoms with Gasteiger partial charge in [0.1, 0.15) is 59.5 Å². The lowest BCUT2D eigenvalue weighted by Crippen LogP contribution is -2.37. The van der Waals surface area contributed by atoms with E-state index in [0.29, 0.717) is 45.3 Å². The minimum atomic E-state index is -0.874. The van der Waals surface area contributed by atoms with Gasteiger partial charge in [-0.05, 0) is 84.5 Å². The summed E-state index contributed by atoms with van der Waals surface area (Å²) in [5, 5.41) is 29.2. The molecule has 0 aliphatic rings. The smallest absolute Gasteiger partial charge is 0.407 e. The summed E-state index contributed by atoms with van der Waals surface area (Å²) >= 11 is 0.